The summed E-state index contributed by atoms with van der Waals surface area (Å²) in [6.45, 7) is 2.11. The second-order valence-corrected chi connectivity index (χ2v) is 4.63. The van der Waals surface area contributed by atoms with Gasteiger partial charge in [-0.3, -0.25) is 0 Å². The van der Waals surface area contributed by atoms with Crippen molar-refractivity contribution in [2.75, 3.05) is 0 Å². The topological polar surface area (TPSA) is 26.0 Å². The van der Waals surface area contributed by atoms with E-state index in [1.807, 2.05) is 0 Å². The van der Waals surface area contributed by atoms with E-state index in [4.69, 9.17) is 5.73 Å². The molecule has 1 nitrogen and oxygen atoms in total. The van der Waals surface area contributed by atoms with Gasteiger partial charge >= 0.3 is 0 Å². The van der Waals surface area contributed by atoms with Crippen molar-refractivity contribution in [3.63, 3.8) is 0 Å². The van der Waals surface area contributed by atoms with Crippen molar-refractivity contribution >= 4 is 0 Å². The molecule has 3 heteroatoms. The van der Waals surface area contributed by atoms with E-state index < -0.39 is 17.2 Å². The number of halogens is 2. The number of benzene rings is 1. The smallest absolute Gasteiger partial charge is 0.131 e. The Kier molecular flexibility index (Phi) is 2.51. The first kappa shape index (κ1) is 10.6. The first-order chi connectivity index (χ1) is 7.01. The molecule has 0 saturated heterocycles. The zero-order valence-corrected chi connectivity index (χ0v) is 8.76. The van der Waals surface area contributed by atoms with Crippen LogP contribution < -0.4 is 5.73 Å². The quantitative estimate of drug-likeness (QED) is 0.759. The molecule has 15 heavy (non-hydrogen) atoms. The van der Waals surface area contributed by atoms with Crippen molar-refractivity contribution in [3.8, 4) is 0 Å². The van der Waals surface area contributed by atoms with Gasteiger partial charge in [-0.05, 0) is 31.2 Å². The van der Waals surface area contributed by atoms with Gasteiger partial charge in [0.1, 0.15) is 11.6 Å². The van der Waals surface area contributed by atoms with Gasteiger partial charge in [-0.1, -0.05) is 13.0 Å². The Morgan fingerprint density at radius 2 is 2.13 bits per heavy atom. The van der Waals surface area contributed by atoms with Crippen LogP contribution in [0.5, 0.6) is 0 Å². The summed E-state index contributed by atoms with van der Waals surface area (Å²) in [6.07, 6.45) is 2.56. The van der Waals surface area contributed by atoms with E-state index in [2.05, 4.69) is 6.92 Å². The third kappa shape index (κ3) is 1.88. The molecule has 1 aliphatic carbocycles. The fourth-order valence-electron chi connectivity index (χ4n) is 2.47. The zero-order valence-electron chi connectivity index (χ0n) is 8.76. The second kappa shape index (κ2) is 3.56. The molecule has 1 fully saturated rings. The summed E-state index contributed by atoms with van der Waals surface area (Å²) in [6, 6.07) is 3.66. The molecule has 0 bridgehead atoms. The average molecular weight is 211 g/mol. The van der Waals surface area contributed by atoms with Crippen LogP contribution in [-0.4, -0.2) is 0 Å². The van der Waals surface area contributed by atoms with E-state index in [1.54, 1.807) is 0 Å². The lowest BCUT2D eigenvalue weighted by Crippen LogP contribution is -2.34. The third-order valence-corrected chi connectivity index (χ3v) is 3.26. The third-order valence-electron chi connectivity index (χ3n) is 3.26. The molecule has 0 aromatic heterocycles. The van der Waals surface area contributed by atoms with E-state index in [9.17, 15) is 8.78 Å². The largest absolute Gasteiger partial charge is 0.321 e. The minimum atomic E-state index is -0.600. The van der Waals surface area contributed by atoms with Crippen LogP contribution in [0.2, 0.25) is 0 Å². The maximum absolute atomic E-state index is 13.6. The van der Waals surface area contributed by atoms with E-state index in [0.717, 1.165) is 25.3 Å². The molecule has 0 amide bonds. The van der Waals surface area contributed by atoms with Crippen LogP contribution in [0, 0.1) is 17.6 Å². The fraction of sp³-hybridized carbons (Fsp3) is 0.500. The fourth-order valence-corrected chi connectivity index (χ4v) is 2.47. The van der Waals surface area contributed by atoms with E-state index >= 15 is 0 Å². The number of rotatable bonds is 1. The van der Waals surface area contributed by atoms with Gasteiger partial charge in [0.25, 0.3) is 0 Å². The van der Waals surface area contributed by atoms with Gasteiger partial charge in [-0.25, -0.2) is 8.78 Å². The van der Waals surface area contributed by atoms with Crippen LogP contribution in [0.4, 0.5) is 8.78 Å². The van der Waals surface area contributed by atoms with E-state index in [-0.39, 0.29) is 0 Å². The summed E-state index contributed by atoms with van der Waals surface area (Å²) >= 11 is 0. The van der Waals surface area contributed by atoms with Crippen LogP contribution >= 0.6 is 0 Å². The maximum atomic E-state index is 13.6. The maximum Gasteiger partial charge on any atom is 0.131 e. The molecule has 2 N–H and O–H groups in total. The van der Waals surface area contributed by atoms with Gasteiger partial charge in [0.2, 0.25) is 0 Å². The Bertz CT molecular complexity index is 378. The van der Waals surface area contributed by atoms with Crippen molar-refractivity contribution in [1.29, 1.82) is 0 Å². The molecule has 2 rings (SSSR count). The Labute approximate surface area is 88.3 Å². The zero-order chi connectivity index (χ0) is 11.1. The SMILES string of the molecule is CC1CCC(N)(c2ccc(F)cc2F)C1. The van der Waals surface area contributed by atoms with Crippen LogP contribution in [-0.2, 0) is 5.54 Å². The molecule has 0 spiro atoms. The highest BCUT2D eigenvalue weighted by Crippen LogP contribution is 2.40. The predicted molar refractivity (Wildman–Crippen MR) is 55.2 cm³/mol. The summed E-state index contributed by atoms with van der Waals surface area (Å²) in [5.74, 6) is -0.558. The molecule has 2 unspecified atom stereocenters. The highest BCUT2D eigenvalue weighted by molar-refractivity contribution is 5.27. The standard InChI is InChI=1S/C12H15F2N/c1-8-4-5-12(15,7-8)10-3-2-9(13)6-11(10)14/h2-3,6,8H,4-5,7,15H2,1H3. The first-order valence-electron chi connectivity index (χ1n) is 5.26. The van der Waals surface area contributed by atoms with Gasteiger partial charge < -0.3 is 5.73 Å². The first-order valence-corrected chi connectivity index (χ1v) is 5.26. The Morgan fingerprint density at radius 3 is 2.67 bits per heavy atom. The summed E-state index contributed by atoms with van der Waals surface area (Å²) in [5, 5.41) is 0. The van der Waals surface area contributed by atoms with Gasteiger partial charge in [0.05, 0.1) is 0 Å². The van der Waals surface area contributed by atoms with Crippen LogP contribution in [0.3, 0.4) is 0 Å². The molecule has 2 atom stereocenters. The van der Waals surface area contributed by atoms with Crippen molar-refractivity contribution in [2.45, 2.75) is 31.7 Å². The van der Waals surface area contributed by atoms with Crippen molar-refractivity contribution in [2.24, 2.45) is 11.7 Å². The lowest BCUT2D eigenvalue weighted by Gasteiger charge is -2.25. The molecule has 1 aromatic carbocycles. The minimum absolute atomic E-state index is 0.452. The van der Waals surface area contributed by atoms with Gasteiger partial charge in [0, 0.05) is 17.2 Å². The van der Waals surface area contributed by atoms with E-state index in [0.29, 0.717) is 11.5 Å². The highest BCUT2D eigenvalue weighted by atomic mass is 19.1. The lowest BCUT2D eigenvalue weighted by molar-refractivity contribution is 0.414. The summed E-state index contributed by atoms with van der Waals surface area (Å²) in [4.78, 5) is 0. The lowest BCUT2D eigenvalue weighted by atomic mass is 9.88. The Hall–Kier alpha value is -0.960. The van der Waals surface area contributed by atoms with Gasteiger partial charge in [-0.15, -0.1) is 0 Å². The summed E-state index contributed by atoms with van der Waals surface area (Å²) in [5.41, 5.74) is 6.01. The van der Waals surface area contributed by atoms with Crippen LogP contribution in [0.1, 0.15) is 31.7 Å². The van der Waals surface area contributed by atoms with E-state index in [1.165, 1.54) is 12.1 Å². The van der Waals surface area contributed by atoms with Gasteiger partial charge in [0.15, 0.2) is 0 Å². The molecular weight excluding hydrogens is 196 g/mol. The van der Waals surface area contributed by atoms with Crippen LogP contribution in [0.25, 0.3) is 0 Å². The predicted octanol–water partition coefficient (Wildman–Crippen LogP) is 2.94. The number of hydrogen-bond acceptors (Lipinski definition) is 1. The molecule has 1 saturated carbocycles. The van der Waals surface area contributed by atoms with Gasteiger partial charge in [-0.2, -0.15) is 0 Å². The van der Waals surface area contributed by atoms with Crippen molar-refractivity contribution in [3.05, 3.63) is 35.4 Å². The summed E-state index contributed by atoms with van der Waals surface area (Å²) < 4.78 is 26.3. The monoisotopic (exact) mass is 211 g/mol. The number of hydrogen-bond donors (Lipinski definition) is 1. The highest BCUT2D eigenvalue weighted by Gasteiger charge is 2.37. The Balaban J connectivity index is 2.37. The average Bonchev–Trinajstić information content (AvgIpc) is 2.46. The molecule has 0 aliphatic heterocycles. The van der Waals surface area contributed by atoms with Crippen molar-refractivity contribution in [1.82, 2.24) is 0 Å². The molecule has 1 aromatic rings. The normalized spacial score (nSPS) is 30.8. The molecule has 82 valence electrons. The molecular formula is C12H15F2N. The summed E-state index contributed by atoms with van der Waals surface area (Å²) in [7, 11) is 0. The minimum Gasteiger partial charge on any atom is -0.321 e. The van der Waals surface area contributed by atoms with Crippen LogP contribution in [0.15, 0.2) is 18.2 Å². The second-order valence-electron chi connectivity index (χ2n) is 4.63. The van der Waals surface area contributed by atoms with Crippen molar-refractivity contribution < 1.29 is 8.78 Å². The molecule has 1 aliphatic rings. The molecule has 0 heterocycles. The number of nitrogens with two attached hydrogens (primary N) is 1. The molecule has 0 radical (unpaired) electrons. The Morgan fingerprint density at radius 1 is 1.40 bits per heavy atom.